The molecule has 7 nitrogen and oxygen atoms in total. The van der Waals surface area contributed by atoms with E-state index in [0.29, 0.717) is 12.1 Å². The Kier molecular flexibility index (Phi) is 5.61. The Balaban J connectivity index is 1.37. The second kappa shape index (κ2) is 8.30. The minimum absolute atomic E-state index is 0.133. The standard InChI is InChI=1S/C20H23N5O2S/c1-13-14(2)23-18-9-15(3-4-17(18)22-13)20(26)21-10-19-24-16(12-28-19)11-25-5-7-27-8-6-25/h3-4,9,12H,5-8,10-11H2,1-2H3,(H,21,26). The van der Waals surface area contributed by atoms with E-state index < -0.39 is 0 Å². The van der Waals surface area contributed by atoms with E-state index in [9.17, 15) is 4.79 Å². The van der Waals surface area contributed by atoms with E-state index in [0.717, 1.165) is 66.0 Å². The first-order chi connectivity index (χ1) is 13.6. The number of nitrogens with zero attached hydrogens (tertiary/aromatic N) is 4. The van der Waals surface area contributed by atoms with Gasteiger partial charge in [-0.2, -0.15) is 0 Å². The summed E-state index contributed by atoms with van der Waals surface area (Å²) in [4.78, 5) is 28.5. The smallest absolute Gasteiger partial charge is 0.251 e. The highest BCUT2D eigenvalue weighted by molar-refractivity contribution is 7.09. The molecule has 146 valence electrons. The van der Waals surface area contributed by atoms with E-state index in [1.54, 1.807) is 23.5 Å². The van der Waals surface area contributed by atoms with Crippen molar-refractivity contribution in [3.63, 3.8) is 0 Å². The molecule has 0 aliphatic carbocycles. The maximum atomic E-state index is 12.5. The molecule has 0 spiro atoms. The van der Waals surface area contributed by atoms with E-state index in [2.05, 4.69) is 30.5 Å². The molecule has 1 saturated heterocycles. The molecule has 2 aromatic heterocycles. The number of carbonyl (C=O) groups excluding carboxylic acids is 1. The Bertz CT molecular complexity index is 997. The number of aromatic nitrogens is 3. The van der Waals surface area contributed by atoms with Crippen molar-refractivity contribution in [1.29, 1.82) is 0 Å². The van der Waals surface area contributed by atoms with Crippen molar-refractivity contribution in [3.05, 3.63) is 51.2 Å². The zero-order chi connectivity index (χ0) is 19.5. The number of nitrogens with one attached hydrogen (secondary N) is 1. The maximum Gasteiger partial charge on any atom is 0.251 e. The van der Waals surface area contributed by atoms with Crippen LogP contribution in [0.25, 0.3) is 11.0 Å². The summed E-state index contributed by atoms with van der Waals surface area (Å²) < 4.78 is 5.37. The van der Waals surface area contributed by atoms with Crippen LogP contribution >= 0.6 is 11.3 Å². The number of hydrogen-bond acceptors (Lipinski definition) is 7. The van der Waals surface area contributed by atoms with Gasteiger partial charge >= 0.3 is 0 Å². The fourth-order valence-electron chi connectivity index (χ4n) is 3.12. The van der Waals surface area contributed by atoms with Crippen LogP contribution in [0.3, 0.4) is 0 Å². The minimum atomic E-state index is -0.133. The molecule has 1 amide bonds. The Hall–Kier alpha value is -2.42. The van der Waals surface area contributed by atoms with Crippen LogP contribution in [-0.4, -0.2) is 52.1 Å². The largest absolute Gasteiger partial charge is 0.379 e. The molecule has 1 aliphatic rings. The van der Waals surface area contributed by atoms with Crippen molar-refractivity contribution in [2.24, 2.45) is 0 Å². The lowest BCUT2D eigenvalue weighted by Gasteiger charge is -2.25. The third-order valence-electron chi connectivity index (χ3n) is 4.83. The molecule has 4 rings (SSSR count). The van der Waals surface area contributed by atoms with Gasteiger partial charge in [-0.15, -0.1) is 11.3 Å². The minimum Gasteiger partial charge on any atom is -0.379 e. The number of benzene rings is 1. The summed E-state index contributed by atoms with van der Waals surface area (Å²) in [6.45, 7) is 8.54. The van der Waals surface area contributed by atoms with E-state index in [-0.39, 0.29) is 5.91 Å². The molecule has 0 saturated carbocycles. The number of thiazole rings is 1. The van der Waals surface area contributed by atoms with Crippen LogP contribution in [0.2, 0.25) is 0 Å². The normalized spacial score (nSPS) is 15.1. The van der Waals surface area contributed by atoms with E-state index >= 15 is 0 Å². The molecule has 8 heteroatoms. The fraction of sp³-hybridized carbons (Fsp3) is 0.400. The number of amides is 1. The van der Waals surface area contributed by atoms with Gasteiger partial charge in [0.2, 0.25) is 0 Å². The van der Waals surface area contributed by atoms with E-state index in [1.807, 2.05) is 19.9 Å². The van der Waals surface area contributed by atoms with Crippen LogP contribution in [0, 0.1) is 13.8 Å². The molecule has 0 bridgehead atoms. The molecule has 28 heavy (non-hydrogen) atoms. The zero-order valence-electron chi connectivity index (χ0n) is 16.1. The SMILES string of the molecule is Cc1nc2ccc(C(=O)NCc3nc(CN4CCOCC4)cs3)cc2nc1C. The van der Waals surface area contributed by atoms with Gasteiger partial charge in [0.25, 0.3) is 5.91 Å². The lowest BCUT2D eigenvalue weighted by molar-refractivity contribution is 0.0337. The molecule has 0 unspecified atom stereocenters. The third-order valence-corrected chi connectivity index (χ3v) is 5.72. The Labute approximate surface area is 167 Å². The lowest BCUT2D eigenvalue weighted by Crippen LogP contribution is -2.35. The first-order valence-electron chi connectivity index (χ1n) is 9.35. The number of carbonyl (C=O) groups is 1. The van der Waals surface area contributed by atoms with Gasteiger partial charge in [-0.05, 0) is 32.0 Å². The van der Waals surface area contributed by atoms with Crippen molar-refractivity contribution >= 4 is 28.3 Å². The summed E-state index contributed by atoms with van der Waals surface area (Å²) in [5.74, 6) is -0.133. The molecule has 1 aromatic carbocycles. The molecule has 3 heterocycles. The fourth-order valence-corrected chi connectivity index (χ4v) is 3.85. The second-order valence-electron chi connectivity index (χ2n) is 6.90. The predicted molar refractivity (Wildman–Crippen MR) is 108 cm³/mol. The second-order valence-corrected chi connectivity index (χ2v) is 7.84. The monoisotopic (exact) mass is 397 g/mol. The van der Waals surface area contributed by atoms with Crippen LogP contribution in [0.5, 0.6) is 0 Å². The number of aryl methyl sites for hydroxylation is 2. The van der Waals surface area contributed by atoms with Gasteiger partial charge in [0.1, 0.15) is 5.01 Å². The van der Waals surface area contributed by atoms with Crippen molar-refractivity contribution in [2.75, 3.05) is 26.3 Å². The van der Waals surface area contributed by atoms with Crippen molar-refractivity contribution in [2.45, 2.75) is 26.9 Å². The van der Waals surface area contributed by atoms with Gasteiger partial charge in [-0.3, -0.25) is 9.69 Å². The molecular weight excluding hydrogens is 374 g/mol. The van der Waals surface area contributed by atoms with Crippen molar-refractivity contribution < 1.29 is 9.53 Å². The summed E-state index contributed by atoms with van der Waals surface area (Å²) in [7, 11) is 0. The number of fused-ring (bicyclic) bond motifs is 1. The third kappa shape index (κ3) is 4.35. The summed E-state index contributed by atoms with van der Waals surface area (Å²) in [6, 6.07) is 5.41. The van der Waals surface area contributed by atoms with Crippen molar-refractivity contribution in [3.8, 4) is 0 Å². The molecule has 0 radical (unpaired) electrons. The summed E-state index contributed by atoms with van der Waals surface area (Å²) in [5.41, 5.74) is 4.94. The zero-order valence-corrected chi connectivity index (χ0v) is 16.9. The summed E-state index contributed by atoms with van der Waals surface area (Å²) >= 11 is 1.58. The van der Waals surface area contributed by atoms with Crippen LogP contribution in [0.4, 0.5) is 0 Å². The summed E-state index contributed by atoms with van der Waals surface area (Å²) in [6.07, 6.45) is 0. The van der Waals surface area contributed by atoms with E-state index in [1.165, 1.54) is 0 Å². The number of ether oxygens (including phenoxy) is 1. The lowest BCUT2D eigenvalue weighted by atomic mass is 10.1. The van der Waals surface area contributed by atoms with Gasteiger partial charge in [0, 0.05) is 30.6 Å². The van der Waals surface area contributed by atoms with Crippen LogP contribution < -0.4 is 5.32 Å². The summed E-state index contributed by atoms with van der Waals surface area (Å²) in [5, 5.41) is 5.92. The molecular formula is C20H23N5O2S. The van der Waals surface area contributed by atoms with Crippen molar-refractivity contribution in [1.82, 2.24) is 25.2 Å². The first kappa shape index (κ1) is 18.9. The van der Waals surface area contributed by atoms with Gasteiger partial charge in [0.15, 0.2) is 0 Å². The van der Waals surface area contributed by atoms with Gasteiger partial charge in [0.05, 0.1) is 47.9 Å². The molecule has 3 aromatic rings. The molecule has 0 atom stereocenters. The Morgan fingerprint density at radius 2 is 1.89 bits per heavy atom. The average Bonchev–Trinajstić information content (AvgIpc) is 3.15. The highest BCUT2D eigenvalue weighted by atomic mass is 32.1. The molecule has 1 N–H and O–H groups in total. The quantitative estimate of drug-likeness (QED) is 0.712. The highest BCUT2D eigenvalue weighted by Crippen LogP contribution is 2.16. The number of rotatable bonds is 5. The molecule has 1 aliphatic heterocycles. The Morgan fingerprint density at radius 1 is 1.14 bits per heavy atom. The van der Waals surface area contributed by atoms with E-state index in [4.69, 9.17) is 4.74 Å². The van der Waals surface area contributed by atoms with Crippen LogP contribution in [0.15, 0.2) is 23.6 Å². The number of hydrogen-bond donors (Lipinski definition) is 1. The Morgan fingerprint density at radius 3 is 2.68 bits per heavy atom. The van der Waals surface area contributed by atoms with Crippen LogP contribution in [-0.2, 0) is 17.8 Å². The first-order valence-corrected chi connectivity index (χ1v) is 10.2. The number of morpholine rings is 1. The topological polar surface area (TPSA) is 80.2 Å². The van der Waals surface area contributed by atoms with Crippen LogP contribution in [0.1, 0.15) is 32.4 Å². The van der Waals surface area contributed by atoms with Gasteiger partial charge in [-0.1, -0.05) is 0 Å². The maximum absolute atomic E-state index is 12.5. The molecule has 1 fully saturated rings. The highest BCUT2D eigenvalue weighted by Gasteiger charge is 2.13. The predicted octanol–water partition coefficient (Wildman–Crippen LogP) is 2.47. The average molecular weight is 398 g/mol. The van der Waals surface area contributed by atoms with Gasteiger partial charge in [-0.25, -0.2) is 15.0 Å². The van der Waals surface area contributed by atoms with Gasteiger partial charge < -0.3 is 10.1 Å².